The van der Waals surface area contributed by atoms with Crippen LogP contribution in [-0.2, 0) is 21.9 Å². The van der Waals surface area contributed by atoms with Crippen molar-refractivity contribution in [2.24, 2.45) is 0 Å². The van der Waals surface area contributed by atoms with Gasteiger partial charge in [-0.3, -0.25) is 19.4 Å². The van der Waals surface area contributed by atoms with Crippen LogP contribution in [0.2, 0.25) is 39.3 Å². The first-order valence-corrected chi connectivity index (χ1v) is 31.3. The molecule has 19 heteroatoms. The van der Waals surface area contributed by atoms with Gasteiger partial charge in [-0.1, -0.05) is 87.5 Å². The molecule has 0 aromatic heterocycles. The molecule has 4 aliphatic heterocycles. The van der Waals surface area contributed by atoms with Crippen molar-refractivity contribution in [3.8, 4) is 22.9 Å². The molecule has 11 nitrogen and oxygen atoms in total. The average Bonchev–Trinajstić information content (AvgIpc) is 3.83. The van der Waals surface area contributed by atoms with Gasteiger partial charge in [0.1, 0.15) is 16.1 Å². The van der Waals surface area contributed by atoms with Crippen LogP contribution in [0, 0.1) is 22.9 Å². The van der Waals surface area contributed by atoms with E-state index in [1.165, 1.54) is 24.3 Å². The maximum absolute atomic E-state index is 14.4. The number of amides is 6. The lowest BCUT2D eigenvalue weighted by Crippen LogP contribution is -2.47. The molecule has 0 aliphatic carbocycles. The summed E-state index contributed by atoms with van der Waals surface area (Å²) in [7, 11) is -1.45. The third-order valence-corrected chi connectivity index (χ3v) is 14.6. The number of carbonyl (C=O) groups is 4. The molecule has 4 aromatic carbocycles. The van der Waals surface area contributed by atoms with Gasteiger partial charge in [-0.25, -0.2) is 9.59 Å². The number of carbonyl (C=O) groups excluding carboxylic acids is 4. The summed E-state index contributed by atoms with van der Waals surface area (Å²) in [5, 5.41) is 5.77. The van der Waals surface area contributed by atoms with E-state index < -0.39 is 63.8 Å². The molecule has 6 amide bonds. The van der Waals surface area contributed by atoms with Crippen molar-refractivity contribution < 1.29 is 45.5 Å². The van der Waals surface area contributed by atoms with Crippen LogP contribution in [0.1, 0.15) is 58.3 Å². The maximum Gasteiger partial charge on any atom is 0.416 e. The van der Waals surface area contributed by atoms with Gasteiger partial charge in [0.25, 0.3) is 11.8 Å². The molecular weight excluding hydrogens is 993 g/mol. The predicted molar refractivity (Wildman–Crippen MR) is 278 cm³/mol. The van der Waals surface area contributed by atoms with Crippen molar-refractivity contribution in [1.29, 1.82) is 0 Å². The molecule has 2 N–H and O–H groups in total. The summed E-state index contributed by atoms with van der Waals surface area (Å²) in [6, 6.07) is 20.3. The summed E-state index contributed by atoms with van der Waals surface area (Å²) in [5.41, 5.74) is 8.61. The van der Waals surface area contributed by atoms with E-state index in [1.54, 1.807) is 34.1 Å². The molecule has 4 aromatic rings. The molecule has 0 saturated heterocycles. The van der Waals surface area contributed by atoms with Crippen LogP contribution in [0.25, 0.3) is 0 Å². The Morgan fingerprint density at radius 1 is 0.568 bits per heavy atom. The summed E-state index contributed by atoms with van der Waals surface area (Å²) in [6.45, 7) is 14.3. The fraction of sp³-hybridized carbons (Fsp3) is 0.345. The fourth-order valence-corrected chi connectivity index (χ4v) is 10.3. The van der Waals surface area contributed by atoms with Crippen molar-refractivity contribution >= 4 is 51.4 Å². The standard InChI is InChI=1S/C55H57F6N7O4Si2/c1-64(26-10-28-65-34-44-46(50(65)69)48(38-20-16-36(17-21-38)24-30-73(2,3)4)62-52(71)67(44)42-14-8-12-40(32-42)54(56,57)58)27-11-29-66-35-45-47(51(66)70)49(39-22-18-37(19-23-39)25-31-74(5,6)7)63-53(72)68(45)43-15-9-13-41(33-43)55(59,60)61/h8-9,12-23,32-33,48-49H,10-11,26-29,34-35H2,1-7H3,(H,62,71)(H,63,72)/t48-,49-/m1/s1. The van der Waals surface area contributed by atoms with Gasteiger partial charge in [-0.2, -0.15) is 26.3 Å². The Balaban J connectivity index is 0.947. The second-order valence-corrected chi connectivity index (χ2v) is 30.5. The van der Waals surface area contributed by atoms with Gasteiger partial charge in [0.2, 0.25) is 0 Å². The van der Waals surface area contributed by atoms with Crippen LogP contribution in [0.15, 0.2) is 120 Å². The quantitative estimate of drug-likeness (QED) is 0.0835. The predicted octanol–water partition coefficient (Wildman–Crippen LogP) is 10.3. The van der Waals surface area contributed by atoms with E-state index >= 15 is 0 Å². The van der Waals surface area contributed by atoms with E-state index in [0.717, 1.165) is 45.2 Å². The van der Waals surface area contributed by atoms with E-state index in [2.05, 4.69) is 72.8 Å². The van der Waals surface area contributed by atoms with Crippen molar-refractivity contribution in [3.05, 3.63) is 153 Å². The van der Waals surface area contributed by atoms with Crippen LogP contribution < -0.4 is 20.4 Å². The second-order valence-electron chi connectivity index (χ2n) is 21.0. The SMILES string of the molecule is CN(CCCN1CC2=C(C1=O)[C@@H](c1ccc(C#C[Si](C)(C)C)cc1)NC(=O)N2c1cccc(C(F)(F)F)c1)CCCN1CC2=C(C1=O)[C@@H](c1ccc(C#C[Si](C)(C)C)cc1)NC(=O)N2c1cccc(C(F)(F)F)c1. The molecule has 0 bridgehead atoms. The van der Waals surface area contributed by atoms with Crippen LogP contribution in [0.4, 0.5) is 47.3 Å². The first-order chi connectivity index (χ1) is 34.8. The highest BCUT2D eigenvalue weighted by Crippen LogP contribution is 2.42. The Labute approximate surface area is 429 Å². The van der Waals surface area contributed by atoms with Gasteiger partial charge in [0.05, 0.1) is 70.2 Å². The maximum atomic E-state index is 14.4. The van der Waals surface area contributed by atoms with E-state index in [-0.39, 0.29) is 60.5 Å². The highest BCUT2D eigenvalue weighted by molar-refractivity contribution is 6.84. The van der Waals surface area contributed by atoms with Gasteiger partial charge in [-0.05, 0) is 105 Å². The minimum absolute atomic E-state index is 0.0146. The topological polar surface area (TPSA) is 109 Å². The van der Waals surface area contributed by atoms with E-state index in [1.807, 2.05) is 36.2 Å². The summed E-state index contributed by atoms with van der Waals surface area (Å²) in [5.74, 6) is 5.69. The lowest BCUT2D eigenvalue weighted by atomic mass is 9.94. The minimum atomic E-state index is -4.67. The highest BCUT2D eigenvalue weighted by Gasteiger charge is 2.47. The zero-order valence-electron chi connectivity index (χ0n) is 42.2. The first kappa shape index (κ1) is 53.2. The zero-order valence-corrected chi connectivity index (χ0v) is 44.2. The molecule has 0 spiro atoms. The fourth-order valence-electron chi connectivity index (χ4n) is 9.25. The van der Waals surface area contributed by atoms with Crippen LogP contribution in [0.5, 0.6) is 0 Å². The number of anilines is 2. The number of nitrogens with one attached hydrogen (secondary N) is 2. The van der Waals surface area contributed by atoms with Gasteiger partial charge in [-0.15, -0.1) is 11.1 Å². The number of urea groups is 2. The van der Waals surface area contributed by atoms with Gasteiger partial charge in [0.15, 0.2) is 0 Å². The summed E-state index contributed by atoms with van der Waals surface area (Å²) in [4.78, 5) is 64.1. The summed E-state index contributed by atoms with van der Waals surface area (Å²) >= 11 is 0. The molecular formula is C55H57F6N7O4Si2. The van der Waals surface area contributed by atoms with Crippen LogP contribution >= 0.6 is 0 Å². The van der Waals surface area contributed by atoms with E-state index in [0.29, 0.717) is 48.5 Å². The van der Waals surface area contributed by atoms with Crippen molar-refractivity contribution in [2.75, 3.05) is 56.1 Å². The number of alkyl halides is 6. The first-order valence-electron chi connectivity index (χ1n) is 24.3. The molecule has 0 radical (unpaired) electrons. The molecule has 4 aliphatic rings. The molecule has 0 fully saturated rings. The minimum Gasteiger partial charge on any atom is -0.333 e. The average molecular weight is 1050 g/mol. The lowest BCUT2D eigenvalue weighted by molar-refractivity contribution is -0.138. The van der Waals surface area contributed by atoms with Gasteiger partial charge >= 0.3 is 24.4 Å². The van der Waals surface area contributed by atoms with Gasteiger partial charge < -0.3 is 25.3 Å². The van der Waals surface area contributed by atoms with Crippen molar-refractivity contribution in [3.63, 3.8) is 0 Å². The van der Waals surface area contributed by atoms with Crippen molar-refractivity contribution in [1.82, 2.24) is 25.3 Å². The molecule has 0 saturated carbocycles. The summed E-state index contributed by atoms with van der Waals surface area (Å²) in [6.07, 6.45) is -8.35. The number of hydrogen-bond donors (Lipinski definition) is 2. The Kier molecular flexibility index (Phi) is 14.9. The van der Waals surface area contributed by atoms with Crippen molar-refractivity contribution in [2.45, 2.75) is 76.6 Å². The largest absolute Gasteiger partial charge is 0.416 e. The molecule has 386 valence electrons. The normalized spacial score (nSPS) is 18.3. The highest BCUT2D eigenvalue weighted by atomic mass is 28.3. The zero-order chi connectivity index (χ0) is 53.5. The molecule has 74 heavy (non-hydrogen) atoms. The molecule has 4 heterocycles. The third kappa shape index (κ3) is 12.0. The Bertz CT molecular complexity index is 2860. The lowest BCUT2D eigenvalue weighted by Gasteiger charge is -2.34. The van der Waals surface area contributed by atoms with Crippen LogP contribution in [-0.4, -0.2) is 101 Å². The third-order valence-electron chi connectivity index (χ3n) is 12.8. The number of hydrogen-bond acceptors (Lipinski definition) is 5. The van der Waals surface area contributed by atoms with Gasteiger partial charge in [0, 0.05) is 24.2 Å². The number of rotatable bonds is 12. The Hall–Kier alpha value is -7.07. The Morgan fingerprint density at radius 3 is 1.27 bits per heavy atom. The van der Waals surface area contributed by atoms with E-state index in [4.69, 9.17) is 0 Å². The summed E-state index contributed by atoms with van der Waals surface area (Å²) < 4.78 is 83.3. The monoisotopic (exact) mass is 1050 g/mol. The molecule has 8 rings (SSSR count). The molecule has 2 atom stereocenters. The van der Waals surface area contributed by atoms with E-state index in [9.17, 15) is 45.5 Å². The number of benzene rings is 4. The number of nitrogens with zero attached hydrogens (tertiary/aromatic N) is 5. The second kappa shape index (κ2) is 20.7. The van der Waals surface area contributed by atoms with Crippen LogP contribution in [0.3, 0.4) is 0 Å². The smallest absolute Gasteiger partial charge is 0.333 e. The Morgan fingerprint density at radius 2 is 0.932 bits per heavy atom. The number of halogens is 6. The molecule has 0 unspecified atom stereocenters.